The molecule has 0 aromatic heterocycles. The highest BCUT2D eigenvalue weighted by molar-refractivity contribution is 7.84. The van der Waals surface area contributed by atoms with Crippen molar-refractivity contribution in [2.75, 3.05) is 0 Å². The summed E-state index contributed by atoms with van der Waals surface area (Å²) >= 11 is 0. The lowest BCUT2D eigenvalue weighted by molar-refractivity contribution is -0.131. The van der Waals surface area contributed by atoms with Gasteiger partial charge in [-0.2, -0.15) is 13.6 Å². The number of hydrogen-bond donors (Lipinski definition) is 2. The Kier molecular flexibility index (Phi) is 3.02. The highest BCUT2D eigenvalue weighted by atomic mass is 32.2. The fraction of sp³-hybridized carbons (Fsp3) is 0.250. The first kappa shape index (κ1) is 9.92. The van der Waals surface area contributed by atoms with E-state index in [1.54, 1.807) is 0 Å². The predicted octanol–water partition coefficient (Wildman–Crippen LogP) is -0.805. The van der Waals surface area contributed by atoms with Crippen LogP contribution in [0.25, 0.3) is 0 Å². The Balaban J connectivity index is 4.31. The summed E-state index contributed by atoms with van der Waals surface area (Å²) in [7, 11) is -4.10. The van der Waals surface area contributed by atoms with Crippen LogP contribution in [0.4, 0.5) is 0 Å². The molecule has 11 heavy (non-hydrogen) atoms. The SMILES string of the molecule is C/C(=C/C(=O)O)OS(N)(=O)=O. The largest absolute Gasteiger partial charge is 0.478 e. The zero-order valence-corrected chi connectivity index (χ0v) is 6.46. The summed E-state index contributed by atoms with van der Waals surface area (Å²) in [6.45, 7) is 1.17. The number of rotatable bonds is 3. The van der Waals surface area contributed by atoms with Gasteiger partial charge in [0.05, 0.1) is 6.08 Å². The lowest BCUT2D eigenvalue weighted by atomic mass is 10.5. The summed E-state index contributed by atoms with van der Waals surface area (Å²) in [4.78, 5) is 9.90. The average molecular weight is 181 g/mol. The molecule has 0 aliphatic heterocycles. The van der Waals surface area contributed by atoms with Gasteiger partial charge in [0, 0.05) is 0 Å². The molecule has 0 unspecified atom stereocenters. The monoisotopic (exact) mass is 181 g/mol. The summed E-state index contributed by atoms with van der Waals surface area (Å²) in [5.41, 5.74) is 0. The van der Waals surface area contributed by atoms with Gasteiger partial charge in [0.15, 0.2) is 0 Å². The average Bonchev–Trinajstić information content (AvgIpc) is 1.53. The van der Waals surface area contributed by atoms with Gasteiger partial charge in [0.1, 0.15) is 5.76 Å². The molecule has 0 bridgehead atoms. The van der Waals surface area contributed by atoms with Crippen molar-refractivity contribution in [1.29, 1.82) is 0 Å². The van der Waals surface area contributed by atoms with E-state index < -0.39 is 16.3 Å². The molecule has 0 fully saturated rings. The number of aliphatic carboxylic acids is 1. The maximum atomic E-state index is 10.1. The second-order valence-corrected chi connectivity index (χ2v) is 2.82. The van der Waals surface area contributed by atoms with Crippen molar-refractivity contribution in [2.45, 2.75) is 6.92 Å². The van der Waals surface area contributed by atoms with E-state index in [1.165, 1.54) is 6.92 Å². The van der Waals surface area contributed by atoms with Crippen molar-refractivity contribution in [2.24, 2.45) is 5.14 Å². The van der Waals surface area contributed by atoms with E-state index in [0.717, 1.165) is 0 Å². The number of nitrogens with two attached hydrogens (primary N) is 1. The quantitative estimate of drug-likeness (QED) is 0.437. The Morgan fingerprint density at radius 1 is 1.64 bits per heavy atom. The normalized spacial score (nSPS) is 12.7. The van der Waals surface area contributed by atoms with Gasteiger partial charge < -0.3 is 9.29 Å². The molecule has 0 aromatic rings. The maximum absolute atomic E-state index is 10.1. The molecular formula is C4H7NO5S. The second-order valence-electron chi connectivity index (χ2n) is 1.67. The van der Waals surface area contributed by atoms with Crippen molar-refractivity contribution in [1.82, 2.24) is 0 Å². The van der Waals surface area contributed by atoms with Gasteiger partial charge >= 0.3 is 16.3 Å². The van der Waals surface area contributed by atoms with E-state index in [0.29, 0.717) is 6.08 Å². The molecule has 7 heteroatoms. The van der Waals surface area contributed by atoms with E-state index in [1.807, 2.05) is 0 Å². The first-order valence-electron chi connectivity index (χ1n) is 2.44. The molecule has 0 saturated carbocycles. The van der Waals surface area contributed by atoms with E-state index in [4.69, 9.17) is 5.11 Å². The highest BCUT2D eigenvalue weighted by Crippen LogP contribution is 1.97. The van der Waals surface area contributed by atoms with Crippen LogP contribution in [0.2, 0.25) is 0 Å². The molecule has 0 aliphatic carbocycles. The molecule has 3 N–H and O–H groups in total. The lowest BCUT2D eigenvalue weighted by Gasteiger charge is -1.98. The van der Waals surface area contributed by atoms with Crippen molar-refractivity contribution < 1.29 is 22.5 Å². The van der Waals surface area contributed by atoms with Crippen molar-refractivity contribution >= 4 is 16.3 Å². The van der Waals surface area contributed by atoms with E-state index in [9.17, 15) is 13.2 Å². The Morgan fingerprint density at radius 3 is 2.36 bits per heavy atom. The van der Waals surface area contributed by atoms with Gasteiger partial charge in [-0.3, -0.25) is 0 Å². The molecule has 6 nitrogen and oxygen atoms in total. The van der Waals surface area contributed by atoms with Gasteiger partial charge in [-0.1, -0.05) is 0 Å². The molecule has 0 rings (SSSR count). The van der Waals surface area contributed by atoms with Gasteiger partial charge in [-0.15, -0.1) is 0 Å². The number of allylic oxidation sites excluding steroid dienone is 1. The smallest absolute Gasteiger partial charge is 0.379 e. The van der Waals surface area contributed by atoms with Gasteiger partial charge in [-0.05, 0) is 6.92 Å². The minimum Gasteiger partial charge on any atom is -0.478 e. The summed E-state index contributed by atoms with van der Waals surface area (Å²) in [6.07, 6.45) is 0.588. The summed E-state index contributed by atoms with van der Waals surface area (Å²) < 4.78 is 24.3. The van der Waals surface area contributed by atoms with Crippen LogP contribution in [0.3, 0.4) is 0 Å². The van der Waals surface area contributed by atoms with Crippen molar-refractivity contribution in [3.05, 3.63) is 11.8 Å². The Bertz CT molecular complexity index is 277. The first-order chi connectivity index (χ1) is 4.81. The van der Waals surface area contributed by atoms with Crippen LogP contribution in [0, 0.1) is 0 Å². The molecule has 0 saturated heterocycles. The summed E-state index contributed by atoms with van der Waals surface area (Å²) in [5, 5.41) is 12.5. The van der Waals surface area contributed by atoms with Crippen LogP contribution in [0.1, 0.15) is 6.92 Å². The highest BCUT2D eigenvalue weighted by Gasteiger charge is 2.04. The summed E-state index contributed by atoms with van der Waals surface area (Å²) in [6, 6.07) is 0. The van der Waals surface area contributed by atoms with Crippen molar-refractivity contribution in [3.8, 4) is 0 Å². The molecule has 0 aliphatic rings. The zero-order chi connectivity index (χ0) is 9.07. The summed E-state index contributed by atoms with van der Waals surface area (Å²) in [5.74, 6) is -1.59. The Morgan fingerprint density at radius 2 is 2.09 bits per heavy atom. The molecular weight excluding hydrogens is 174 g/mol. The molecule has 0 spiro atoms. The second kappa shape index (κ2) is 3.35. The van der Waals surface area contributed by atoms with E-state index in [-0.39, 0.29) is 5.76 Å². The molecule has 64 valence electrons. The van der Waals surface area contributed by atoms with Crippen LogP contribution in [0.5, 0.6) is 0 Å². The van der Waals surface area contributed by atoms with E-state index >= 15 is 0 Å². The molecule has 0 atom stereocenters. The predicted molar refractivity (Wildman–Crippen MR) is 35.6 cm³/mol. The minimum atomic E-state index is -4.10. The third-order valence-electron chi connectivity index (χ3n) is 0.574. The topological polar surface area (TPSA) is 107 Å². The van der Waals surface area contributed by atoms with Crippen LogP contribution in [-0.4, -0.2) is 19.5 Å². The third-order valence-corrected chi connectivity index (χ3v) is 1.07. The molecule has 0 aromatic carbocycles. The fourth-order valence-electron chi connectivity index (χ4n) is 0.381. The van der Waals surface area contributed by atoms with Gasteiger partial charge in [0.2, 0.25) is 0 Å². The number of carboxylic acid groups (broad SMARTS) is 1. The Hall–Kier alpha value is -1.08. The lowest BCUT2D eigenvalue weighted by Crippen LogP contribution is -2.15. The van der Waals surface area contributed by atoms with Gasteiger partial charge in [-0.25, -0.2) is 4.79 Å². The van der Waals surface area contributed by atoms with Crippen LogP contribution < -0.4 is 5.14 Å². The maximum Gasteiger partial charge on any atom is 0.379 e. The van der Waals surface area contributed by atoms with Crippen LogP contribution in [-0.2, 0) is 19.3 Å². The number of carbonyl (C=O) groups is 1. The van der Waals surface area contributed by atoms with Gasteiger partial charge in [0.25, 0.3) is 0 Å². The third kappa shape index (κ3) is 6.81. The standard InChI is InChI=1S/C4H7NO5S/c1-3(2-4(6)7)10-11(5,8)9/h2H,1H3,(H,6,7)(H2,5,8,9)/b3-2-. The van der Waals surface area contributed by atoms with Crippen LogP contribution in [0.15, 0.2) is 11.8 Å². The Labute approximate surface area is 63.5 Å². The first-order valence-corrected chi connectivity index (χ1v) is 3.92. The minimum absolute atomic E-state index is 0.292. The van der Waals surface area contributed by atoms with E-state index in [2.05, 4.69) is 9.32 Å². The fourth-order valence-corrected chi connectivity index (χ4v) is 0.796. The van der Waals surface area contributed by atoms with Crippen molar-refractivity contribution in [3.63, 3.8) is 0 Å². The zero-order valence-electron chi connectivity index (χ0n) is 5.64. The molecule has 0 heterocycles. The number of carboxylic acids is 1. The van der Waals surface area contributed by atoms with Crippen LogP contribution >= 0.6 is 0 Å². The number of hydrogen-bond acceptors (Lipinski definition) is 4. The molecule has 0 radical (unpaired) electrons. The molecule has 0 amide bonds.